The van der Waals surface area contributed by atoms with Crippen molar-refractivity contribution in [2.75, 3.05) is 31.5 Å². The number of carbonyl (C=O) groups is 1. The fraction of sp³-hybridized carbons (Fsp3) is 0.474. The lowest BCUT2D eigenvalue weighted by Crippen LogP contribution is -2.51. The highest BCUT2D eigenvalue weighted by molar-refractivity contribution is 7.89. The largest absolute Gasteiger partial charge is 0.360 e. The molecule has 0 unspecified atom stereocenters. The molecule has 152 valence electrons. The van der Waals surface area contributed by atoms with E-state index in [4.69, 9.17) is 4.52 Å². The Labute approximate surface area is 165 Å². The van der Waals surface area contributed by atoms with Crippen LogP contribution >= 0.6 is 0 Å². The highest BCUT2D eigenvalue weighted by Gasteiger charge is 2.34. The molecule has 8 nitrogen and oxygen atoms in total. The van der Waals surface area contributed by atoms with Gasteiger partial charge in [0.25, 0.3) is 0 Å². The van der Waals surface area contributed by atoms with E-state index in [0.717, 1.165) is 22.4 Å². The molecule has 2 aromatic rings. The molecule has 9 heteroatoms. The third-order valence-electron chi connectivity index (χ3n) is 5.00. The molecule has 1 aliphatic heterocycles. The molecule has 0 radical (unpaired) electrons. The van der Waals surface area contributed by atoms with Crippen LogP contribution in [0.4, 0.5) is 10.5 Å². The molecule has 1 aromatic carbocycles. The molecule has 0 aliphatic carbocycles. The molecular formula is C19H26N4O4S. The number of rotatable bonds is 3. The predicted molar refractivity (Wildman–Crippen MR) is 106 cm³/mol. The summed E-state index contributed by atoms with van der Waals surface area (Å²) in [6.45, 7) is 10.2. The molecule has 0 bridgehead atoms. The second kappa shape index (κ2) is 7.56. The minimum absolute atomic E-state index is 0.122. The van der Waals surface area contributed by atoms with Crippen LogP contribution in [0.5, 0.6) is 0 Å². The molecule has 1 aliphatic rings. The van der Waals surface area contributed by atoms with E-state index in [2.05, 4.69) is 10.5 Å². The van der Waals surface area contributed by atoms with Gasteiger partial charge >= 0.3 is 6.03 Å². The highest BCUT2D eigenvalue weighted by atomic mass is 32.2. The van der Waals surface area contributed by atoms with Crippen LogP contribution in [0.3, 0.4) is 0 Å². The summed E-state index contributed by atoms with van der Waals surface area (Å²) in [6.07, 6.45) is 0. The fourth-order valence-corrected chi connectivity index (χ4v) is 5.38. The van der Waals surface area contributed by atoms with Crippen LogP contribution in [0.15, 0.2) is 21.6 Å². The van der Waals surface area contributed by atoms with Gasteiger partial charge in [-0.3, -0.25) is 0 Å². The smallest absolute Gasteiger partial charge is 0.321 e. The maximum Gasteiger partial charge on any atom is 0.321 e. The molecule has 0 spiro atoms. The topological polar surface area (TPSA) is 95.8 Å². The van der Waals surface area contributed by atoms with Gasteiger partial charge in [-0.1, -0.05) is 22.9 Å². The Balaban J connectivity index is 1.68. The number of carbonyl (C=O) groups excluding carboxylic acids is 1. The number of nitrogens with one attached hydrogen (secondary N) is 1. The summed E-state index contributed by atoms with van der Waals surface area (Å²) in [7, 11) is -3.69. The lowest BCUT2D eigenvalue weighted by atomic mass is 10.1. The molecule has 28 heavy (non-hydrogen) atoms. The number of anilines is 1. The Morgan fingerprint density at radius 2 is 1.61 bits per heavy atom. The van der Waals surface area contributed by atoms with Crippen molar-refractivity contribution in [2.24, 2.45) is 0 Å². The molecule has 3 rings (SSSR count). The zero-order chi connectivity index (χ0) is 20.6. The van der Waals surface area contributed by atoms with E-state index >= 15 is 0 Å². The summed E-state index contributed by atoms with van der Waals surface area (Å²) in [6, 6.07) is 3.83. The number of aryl methyl sites for hydroxylation is 5. The van der Waals surface area contributed by atoms with Crippen LogP contribution in [-0.2, 0) is 10.0 Å². The number of urea groups is 1. The number of amides is 2. The number of piperazine rings is 1. The summed E-state index contributed by atoms with van der Waals surface area (Å²) >= 11 is 0. The minimum Gasteiger partial charge on any atom is -0.360 e. The Kier molecular flexibility index (Phi) is 5.49. The van der Waals surface area contributed by atoms with Gasteiger partial charge in [-0.25, -0.2) is 13.2 Å². The Morgan fingerprint density at radius 3 is 2.11 bits per heavy atom. The third kappa shape index (κ3) is 3.77. The molecule has 2 heterocycles. The Morgan fingerprint density at radius 1 is 1.04 bits per heavy atom. The van der Waals surface area contributed by atoms with E-state index in [0.29, 0.717) is 18.8 Å². The maximum absolute atomic E-state index is 12.9. The molecular weight excluding hydrogens is 380 g/mol. The SMILES string of the molecule is Cc1cc(C)c(NC(=O)N2CCN(S(=O)(=O)c3c(C)noc3C)CC2)c(C)c1. The zero-order valence-electron chi connectivity index (χ0n) is 16.9. The molecule has 0 saturated carbocycles. The number of hydrogen-bond donors (Lipinski definition) is 1. The average Bonchev–Trinajstić information content (AvgIpc) is 2.97. The van der Waals surface area contributed by atoms with Crippen molar-refractivity contribution in [2.45, 2.75) is 39.5 Å². The van der Waals surface area contributed by atoms with Gasteiger partial charge in [0.05, 0.1) is 0 Å². The van der Waals surface area contributed by atoms with Crippen LogP contribution in [-0.4, -0.2) is 55.0 Å². The number of hydrogen-bond acceptors (Lipinski definition) is 5. The van der Waals surface area contributed by atoms with Gasteiger partial charge in [-0.05, 0) is 45.7 Å². The first-order chi connectivity index (χ1) is 13.1. The summed E-state index contributed by atoms with van der Waals surface area (Å²) < 4.78 is 32.2. The van der Waals surface area contributed by atoms with Crippen molar-refractivity contribution in [3.8, 4) is 0 Å². The molecule has 1 fully saturated rings. The first-order valence-electron chi connectivity index (χ1n) is 9.18. The number of nitrogens with zero attached hydrogens (tertiary/aromatic N) is 3. The standard InChI is InChI=1S/C19H26N4O4S/c1-12-10-13(2)17(14(3)11-12)20-19(24)22-6-8-23(9-7-22)28(25,26)18-15(4)21-27-16(18)5/h10-11H,6-9H2,1-5H3,(H,20,24). The third-order valence-corrected chi connectivity index (χ3v) is 7.14. The minimum atomic E-state index is -3.69. The monoisotopic (exact) mass is 406 g/mol. The van der Waals surface area contributed by atoms with Crippen LogP contribution in [0.25, 0.3) is 0 Å². The van der Waals surface area contributed by atoms with Crippen LogP contribution in [0.1, 0.15) is 28.1 Å². The number of sulfonamides is 1. The van der Waals surface area contributed by atoms with Crippen molar-refractivity contribution in [3.05, 3.63) is 40.3 Å². The van der Waals surface area contributed by atoms with E-state index in [-0.39, 0.29) is 29.8 Å². The number of benzene rings is 1. The van der Waals surface area contributed by atoms with Crippen molar-refractivity contribution in [1.82, 2.24) is 14.4 Å². The van der Waals surface area contributed by atoms with Gasteiger partial charge in [-0.15, -0.1) is 0 Å². The second-order valence-electron chi connectivity index (χ2n) is 7.25. The normalized spacial score (nSPS) is 15.7. The van der Waals surface area contributed by atoms with E-state index < -0.39 is 10.0 Å². The van der Waals surface area contributed by atoms with Gasteiger partial charge in [0.2, 0.25) is 10.0 Å². The molecule has 1 saturated heterocycles. The van der Waals surface area contributed by atoms with Crippen LogP contribution < -0.4 is 5.32 Å². The summed E-state index contributed by atoms with van der Waals surface area (Å²) in [5, 5.41) is 6.70. The average molecular weight is 407 g/mol. The summed E-state index contributed by atoms with van der Waals surface area (Å²) in [5.74, 6) is 0.281. The highest BCUT2D eigenvalue weighted by Crippen LogP contribution is 2.25. The molecule has 0 atom stereocenters. The van der Waals surface area contributed by atoms with Crippen molar-refractivity contribution >= 4 is 21.7 Å². The molecule has 1 N–H and O–H groups in total. The van der Waals surface area contributed by atoms with Gasteiger partial charge in [0.15, 0.2) is 5.76 Å². The Hall–Kier alpha value is -2.39. The van der Waals surface area contributed by atoms with E-state index in [1.807, 2.05) is 32.9 Å². The molecule has 2 amide bonds. The van der Waals surface area contributed by atoms with Gasteiger partial charge in [0, 0.05) is 31.9 Å². The second-order valence-corrected chi connectivity index (χ2v) is 9.12. The lowest BCUT2D eigenvalue weighted by molar-refractivity contribution is 0.184. The van der Waals surface area contributed by atoms with E-state index in [1.165, 1.54) is 4.31 Å². The first-order valence-corrected chi connectivity index (χ1v) is 10.6. The quantitative estimate of drug-likeness (QED) is 0.846. The fourth-order valence-electron chi connectivity index (χ4n) is 3.67. The van der Waals surface area contributed by atoms with Crippen molar-refractivity contribution < 1.29 is 17.7 Å². The van der Waals surface area contributed by atoms with Gasteiger partial charge < -0.3 is 14.7 Å². The van der Waals surface area contributed by atoms with Crippen LogP contribution in [0, 0.1) is 34.6 Å². The van der Waals surface area contributed by atoms with E-state index in [1.54, 1.807) is 18.7 Å². The Bertz CT molecular complexity index is 962. The maximum atomic E-state index is 12.9. The van der Waals surface area contributed by atoms with Gasteiger partial charge in [-0.2, -0.15) is 4.31 Å². The summed E-state index contributed by atoms with van der Waals surface area (Å²) in [5.41, 5.74) is 4.31. The first kappa shape index (κ1) is 20.3. The van der Waals surface area contributed by atoms with Gasteiger partial charge in [0.1, 0.15) is 10.6 Å². The zero-order valence-corrected chi connectivity index (χ0v) is 17.7. The predicted octanol–water partition coefficient (Wildman–Crippen LogP) is 2.76. The molecule has 1 aromatic heterocycles. The number of aromatic nitrogens is 1. The van der Waals surface area contributed by atoms with Crippen molar-refractivity contribution in [3.63, 3.8) is 0 Å². The van der Waals surface area contributed by atoms with E-state index in [9.17, 15) is 13.2 Å². The lowest BCUT2D eigenvalue weighted by Gasteiger charge is -2.34. The summed E-state index contributed by atoms with van der Waals surface area (Å²) in [4.78, 5) is 14.4. The van der Waals surface area contributed by atoms with Crippen LogP contribution in [0.2, 0.25) is 0 Å². The van der Waals surface area contributed by atoms with Crippen molar-refractivity contribution in [1.29, 1.82) is 0 Å².